The molecule has 2 rings (SSSR count). The molecule has 1 unspecified atom stereocenters. The quantitative estimate of drug-likeness (QED) is 0.853. The highest BCUT2D eigenvalue weighted by atomic mass is 16.3. The van der Waals surface area contributed by atoms with Crippen LogP contribution in [0.2, 0.25) is 0 Å². The fourth-order valence-electron chi connectivity index (χ4n) is 1.75. The Balaban J connectivity index is 2.13. The maximum Gasteiger partial charge on any atom is 0.138 e. The van der Waals surface area contributed by atoms with E-state index in [0.29, 0.717) is 6.42 Å². The van der Waals surface area contributed by atoms with Gasteiger partial charge in [-0.15, -0.1) is 0 Å². The Labute approximate surface area is 99.9 Å². The summed E-state index contributed by atoms with van der Waals surface area (Å²) in [5.74, 6) is 0.788. The van der Waals surface area contributed by atoms with Crippen LogP contribution >= 0.6 is 0 Å². The van der Waals surface area contributed by atoms with Crippen LogP contribution in [0.3, 0.4) is 0 Å². The first-order valence-corrected chi connectivity index (χ1v) is 5.63. The number of hydrogen-bond acceptors (Lipinski definition) is 4. The van der Waals surface area contributed by atoms with Crippen molar-refractivity contribution in [3.63, 3.8) is 0 Å². The third kappa shape index (κ3) is 2.52. The van der Waals surface area contributed by atoms with E-state index >= 15 is 0 Å². The van der Waals surface area contributed by atoms with Crippen LogP contribution in [0.25, 0.3) is 0 Å². The molecule has 1 N–H and O–H groups in total. The van der Waals surface area contributed by atoms with Gasteiger partial charge < -0.3 is 5.11 Å². The van der Waals surface area contributed by atoms with Gasteiger partial charge in [0.1, 0.15) is 12.2 Å². The van der Waals surface area contributed by atoms with Gasteiger partial charge in [-0.05, 0) is 13.8 Å². The first-order valence-electron chi connectivity index (χ1n) is 5.63. The molecule has 0 aliphatic heterocycles. The maximum atomic E-state index is 10.1. The second-order valence-corrected chi connectivity index (χ2v) is 4.38. The molecule has 0 bridgehead atoms. The Morgan fingerprint density at radius 3 is 2.71 bits per heavy atom. The molecule has 1 atom stereocenters. The van der Waals surface area contributed by atoms with Crippen molar-refractivity contribution in [1.29, 1.82) is 0 Å². The summed E-state index contributed by atoms with van der Waals surface area (Å²) in [4.78, 5) is 4.17. The Kier molecular flexibility index (Phi) is 3.23. The van der Waals surface area contributed by atoms with E-state index < -0.39 is 6.10 Å². The second-order valence-electron chi connectivity index (χ2n) is 4.38. The van der Waals surface area contributed by atoms with E-state index in [1.165, 1.54) is 6.33 Å². The second kappa shape index (κ2) is 4.67. The van der Waals surface area contributed by atoms with Crippen LogP contribution in [0.5, 0.6) is 0 Å². The van der Waals surface area contributed by atoms with Gasteiger partial charge in [0.2, 0.25) is 0 Å². The summed E-state index contributed by atoms with van der Waals surface area (Å²) < 4.78 is 3.49. The molecule has 6 heteroatoms. The molecule has 0 saturated carbocycles. The molecule has 0 aliphatic rings. The molecule has 2 aromatic rings. The normalized spacial score (nSPS) is 13.2. The third-order valence-electron chi connectivity index (χ3n) is 2.62. The molecule has 0 aromatic carbocycles. The van der Waals surface area contributed by atoms with Crippen LogP contribution < -0.4 is 0 Å². The molecule has 0 aliphatic carbocycles. The summed E-state index contributed by atoms with van der Waals surface area (Å²) in [5.41, 5.74) is 0.797. The molecule has 92 valence electrons. The molecule has 0 radical (unpaired) electrons. The van der Waals surface area contributed by atoms with Gasteiger partial charge in [0.25, 0.3) is 0 Å². The molecule has 0 fully saturated rings. The molecular weight excluding hydrogens is 218 g/mol. The lowest BCUT2D eigenvalue weighted by Gasteiger charge is -2.11. The van der Waals surface area contributed by atoms with Gasteiger partial charge in [0, 0.05) is 31.3 Å². The number of hydrogen-bond donors (Lipinski definition) is 1. The van der Waals surface area contributed by atoms with Crippen LogP contribution in [-0.2, 0) is 13.5 Å². The Hall–Kier alpha value is -1.69. The first kappa shape index (κ1) is 11.8. The minimum absolute atomic E-state index is 0.244. The summed E-state index contributed by atoms with van der Waals surface area (Å²) >= 11 is 0. The Bertz CT molecular complexity index is 488. The van der Waals surface area contributed by atoms with Gasteiger partial charge >= 0.3 is 0 Å². The van der Waals surface area contributed by atoms with Gasteiger partial charge in [-0.25, -0.2) is 9.67 Å². The summed E-state index contributed by atoms with van der Waals surface area (Å²) in [6.45, 7) is 4.07. The smallest absolute Gasteiger partial charge is 0.138 e. The van der Waals surface area contributed by atoms with Gasteiger partial charge in [-0.2, -0.15) is 10.2 Å². The largest absolute Gasteiger partial charge is 0.388 e. The lowest BCUT2D eigenvalue weighted by molar-refractivity contribution is 0.173. The van der Waals surface area contributed by atoms with E-state index in [0.717, 1.165) is 11.4 Å². The summed E-state index contributed by atoms with van der Waals surface area (Å²) in [6, 6.07) is 0.244. The zero-order valence-electron chi connectivity index (χ0n) is 10.3. The summed E-state index contributed by atoms with van der Waals surface area (Å²) in [5, 5.41) is 18.3. The number of aliphatic hydroxyl groups is 1. The predicted molar refractivity (Wildman–Crippen MR) is 62.3 cm³/mol. The zero-order valence-corrected chi connectivity index (χ0v) is 10.3. The van der Waals surface area contributed by atoms with E-state index in [-0.39, 0.29) is 6.04 Å². The lowest BCUT2D eigenvalue weighted by Crippen LogP contribution is -2.12. The van der Waals surface area contributed by atoms with Crippen LogP contribution in [-0.4, -0.2) is 29.7 Å². The van der Waals surface area contributed by atoms with Crippen molar-refractivity contribution in [3.05, 3.63) is 30.1 Å². The van der Waals surface area contributed by atoms with Crippen molar-refractivity contribution in [3.8, 4) is 0 Å². The van der Waals surface area contributed by atoms with Crippen molar-refractivity contribution in [2.45, 2.75) is 32.4 Å². The number of aryl methyl sites for hydroxylation is 1. The van der Waals surface area contributed by atoms with Crippen LogP contribution in [0.4, 0.5) is 0 Å². The molecule has 2 aromatic heterocycles. The summed E-state index contributed by atoms with van der Waals surface area (Å²) in [6.07, 6.45) is 4.85. The van der Waals surface area contributed by atoms with E-state index in [1.54, 1.807) is 17.1 Å². The van der Waals surface area contributed by atoms with Crippen LogP contribution in [0.15, 0.2) is 18.7 Å². The van der Waals surface area contributed by atoms with Crippen molar-refractivity contribution < 1.29 is 5.11 Å². The van der Waals surface area contributed by atoms with Gasteiger partial charge in [0.05, 0.1) is 12.3 Å². The molecule has 2 heterocycles. The average Bonchev–Trinajstić information content (AvgIpc) is 2.86. The average molecular weight is 235 g/mol. The summed E-state index contributed by atoms with van der Waals surface area (Å²) in [7, 11) is 1.83. The molecule has 0 spiro atoms. The molecular formula is C11H17N5O. The maximum absolute atomic E-state index is 10.1. The minimum Gasteiger partial charge on any atom is -0.388 e. The van der Waals surface area contributed by atoms with E-state index in [9.17, 15) is 5.11 Å². The lowest BCUT2D eigenvalue weighted by atomic mass is 10.1. The van der Waals surface area contributed by atoms with Crippen LogP contribution in [0, 0.1) is 0 Å². The number of rotatable bonds is 4. The van der Waals surface area contributed by atoms with Crippen molar-refractivity contribution >= 4 is 0 Å². The molecule has 0 saturated heterocycles. The van der Waals surface area contributed by atoms with Crippen molar-refractivity contribution in [1.82, 2.24) is 24.5 Å². The number of nitrogens with zero attached hydrogens (tertiary/aromatic N) is 5. The number of aliphatic hydroxyl groups excluding tert-OH is 1. The third-order valence-corrected chi connectivity index (χ3v) is 2.62. The van der Waals surface area contributed by atoms with Gasteiger partial charge in [0.15, 0.2) is 0 Å². The van der Waals surface area contributed by atoms with Gasteiger partial charge in [-0.1, -0.05) is 0 Å². The van der Waals surface area contributed by atoms with Crippen LogP contribution in [0.1, 0.15) is 37.4 Å². The SMILES string of the molecule is CC(C)n1ncnc1CC(O)c1cnn(C)c1. The van der Waals surface area contributed by atoms with E-state index in [4.69, 9.17) is 0 Å². The predicted octanol–water partition coefficient (Wildman–Crippen LogP) is 0.869. The van der Waals surface area contributed by atoms with Gasteiger partial charge in [-0.3, -0.25) is 4.68 Å². The highest BCUT2D eigenvalue weighted by Gasteiger charge is 2.15. The van der Waals surface area contributed by atoms with Crippen molar-refractivity contribution in [2.24, 2.45) is 7.05 Å². The fraction of sp³-hybridized carbons (Fsp3) is 0.545. The first-order chi connectivity index (χ1) is 8.08. The number of aromatic nitrogens is 5. The molecule has 17 heavy (non-hydrogen) atoms. The van der Waals surface area contributed by atoms with Crippen molar-refractivity contribution in [2.75, 3.05) is 0 Å². The minimum atomic E-state index is -0.592. The Morgan fingerprint density at radius 1 is 1.35 bits per heavy atom. The zero-order chi connectivity index (χ0) is 12.4. The van der Waals surface area contributed by atoms with E-state index in [1.807, 2.05) is 25.6 Å². The standard InChI is InChI=1S/C11H17N5O/c1-8(2)16-11(12-7-14-16)4-10(17)9-5-13-15(3)6-9/h5-8,10,17H,4H2,1-3H3. The molecule has 0 amide bonds. The molecule has 6 nitrogen and oxygen atoms in total. The van der Waals surface area contributed by atoms with E-state index in [2.05, 4.69) is 15.2 Å². The monoisotopic (exact) mass is 235 g/mol. The highest BCUT2D eigenvalue weighted by Crippen LogP contribution is 2.17. The fourth-order valence-corrected chi connectivity index (χ4v) is 1.75. The Morgan fingerprint density at radius 2 is 2.12 bits per heavy atom. The topological polar surface area (TPSA) is 68.8 Å². The highest BCUT2D eigenvalue weighted by molar-refractivity contribution is 5.10.